The Morgan fingerprint density at radius 2 is 1.45 bits per heavy atom. The van der Waals surface area contributed by atoms with Crippen LogP contribution in [0.1, 0.15) is 48.4 Å². The van der Waals surface area contributed by atoms with Gasteiger partial charge in [0, 0.05) is 5.56 Å². The maximum absolute atomic E-state index is 14.8. The van der Waals surface area contributed by atoms with E-state index in [4.69, 9.17) is 0 Å². The molecule has 0 fully saturated rings. The molecule has 0 bridgehead atoms. The number of hydrogen-bond acceptors (Lipinski definition) is 0. The first-order valence-electron chi connectivity index (χ1n) is 10.7. The van der Waals surface area contributed by atoms with Gasteiger partial charge in [-0.3, -0.25) is 0 Å². The van der Waals surface area contributed by atoms with Gasteiger partial charge in [-0.1, -0.05) is 50.1 Å². The fraction of sp³-hybridized carbons (Fsp3) is 0.259. The SMILES string of the molecule is CCCCCc1ccc(C2=CCc3cc(-c4cc(F)c(F)c(F)c4)c(F)cc3C2)cc1. The van der Waals surface area contributed by atoms with E-state index in [1.807, 2.05) is 0 Å². The quantitative estimate of drug-likeness (QED) is 0.215. The average Bonchev–Trinajstić information content (AvgIpc) is 2.77. The molecule has 0 heterocycles. The van der Waals surface area contributed by atoms with Gasteiger partial charge in [0.05, 0.1) is 0 Å². The summed E-state index contributed by atoms with van der Waals surface area (Å²) in [7, 11) is 0. The van der Waals surface area contributed by atoms with Crippen molar-refractivity contribution < 1.29 is 17.6 Å². The molecule has 4 rings (SSSR count). The van der Waals surface area contributed by atoms with Gasteiger partial charge >= 0.3 is 0 Å². The van der Waals surface area contributed by atoms with Crippen LogP contribution in [0.2, 0.25) is 0 Å². The van der Waals surface area contributed by atoms with Gasteiger partial charge in [0.15, 0.2) is 17.5 Å². The molecule has 0 saturated heterocycles. The highest BCUT2D eigenvalue weighted by atomic mass is 19.2. The van der Waals surface area contributed by atoms with Gasteiger partial charge < -0.3 is 0 Å². The number of rotatable bonds is 6. The molecule has 3 aromatic carbocycles. The van der Waals surface area contributed by atoms with Gasteiger partial charge in [-0.05, 0) is 83.3 Å². The minimum absolute atomic E-state index is 0.00913. The van der Waals surface area contributed by atoms with Crippen molar-refractivity contribution in [3.05, 3.63) is 100 Å². The van der Waals surface area contributed by atoms with E-state index < -0.39 is 23.3 Å². The molecule has 1 aliphatic carbocycles. The predicted octanol–water partition coefficient (Wildman–Crippen LogP) is 7.82. The summed E-state index contributed by atoms with van der Waals surface area (Å²) in [6, 6.07) is 13.2. The molecule has 4 heteroatoms. The van der Waals surface area contributed by atoms with Crippen LogP contribution in [0.4, 0.5) is 17.6 Å². The molecule has 0 saturated carbocycles. The predicted molar refractivity (Wildman–Crippen MR) is 117 cm³/mol. The number of hydrogen-bond donors (Lipinski definition) is 0. The van der Waals surface area contributed by atoms with E-state index in [-0.39, 0.29) is 11.1 Å². The lowest BCUT2D eigenvalue weighted by Crippen LogP contribution is -2.05. The number of aryl methyl sites for hydroxylation is 1. The lowest BCUT2D eigenvalue weighted by molar-refractivity contribution is 0.447. The van der Waals surface area contributed by atoms with E-state index in [0.29, 0.717) is 12.8 Å². The molecule has 0 aliphatic heterocycles. The molecule has 0 amide bonds. The third-order valence-corrected chi connectivity index (χ3v) is 5.93. The Morgan fingerprint density at radius 3 is 2.13 bits per heavy atom. The van der Waals surface area contributed by atoms with Crippen molar-refractivity contribution in [2.45, 2.75) is 45.4 Å². The minimum atomic E-state index is -1.55. The van der Waals surface area contributed by atoms with E-state index in [9.17, 15) is 17.6 Å². The smallest absolute Gasteiger partial charge is 0.194 e. The van der Waals surface area contributed by atoms with Crippen LogP contribution in [0.5, 0.6) is 0 Å². The second-order valence-corrected chi connectivity index (χ2v) is 8.12. The van der Waals surface area contributed by atoms with Crippen LogP contribution in [-0.2, 0) is 19.3 Å². The molecule has 0 spiro atoms. The monoisotopic (exact) mass is 424 g/mol. The molecular weight excluding hydrogens is 400 g/mol. The van der Waals surface area contributed by atoms with Crippen molar-refractivity contribution >= 4 is 5.57 Å². The number of allylic oxidation sites excluding steroid dienone is 2. The van der Waals surface area contributed by atoms with E-state index in [0.717, 1.165) is 40.8 Å². The number of unbranched alkanes of at least 4 members (excludes halogenated alkanes) is 2. The zero-order chi connectivity index (χ0) is 22.0. The fourth-order valence-electron chi connectivity index (χ4n) is 4.14. The van der Waals surface area contributed by atoms with E-state index in [2.05, 4.69) is 37.3 Å². The van der Waals surface area contributed by atoms with Crippen LogP contribution in [0.15, 0.2) is 54.6 Å². The average molecular weight is 424 g/mol. The van der Waals surface area contributed by atoms with Crippen molar-refractivity contribution in [2.75, 3.05) is 0 Å². The van der Waals surface area contributed by atoms with Gasteiger partial charge in [0.1, 0.15) is 5.82 Å². The normalized spacial score (nSPS) is 13.1. The number of fused-ring (bicyclic) bond motifs is 1. The standard InChI is InChI=1S/C27H24F4/c1-2-3-4-5-17-6-8-18(9-7-17)19-10-11-20-13-23(24(28)14-21(20)12-19)22-15-25(29)27(31)26(30)16-22/h6-10,13-16H,2-5,11-12H2,1H3. The summed E-state index contributed by atoms with van der Waals surface area (Å²) in [5.41, 5.74) is 5.41. The first-order chi connectivity index (χ1) is 15.0. The minimum Gasteiger partial charge on any atom is -0.206 e. The molecule has 0 radical (unpaired) electrons. The summed E-state index contributed by atoms with van der Waals surface area (Å²) < 4.78 is 55.3. The topological polar surface area (TPSA) is 0 Å². The van der Waals surface area contributed by atoms with Crippen molar-refractivity contribution in [3.8, 4) is 11.1 Å². The lowest BCUT2D eigenvalue weighted by atomic mass is 9.86. The van der Waals surface area contributed by atoms with Crippen LogP contribution >= 0.6 is 0 Å². The Bertz CT molecular complexity index is 1100. The zero-order valence-corrected chi connectivity index (χ0v) is 17.5. The Hall–Kier alpha value is -2.88. The summed E-state index contributed by atoms with van der Waals surface area (Å²) in [4.78, 5) is 0. The summed E-state index contributed by atoms with van der Waals surface area (Å²) in [5, 5.41) is 0. The summed E-state index contributed by atoms with van der Waals surface area (Å²) in [6.07, 6.45) is 8.00. The Labute approximate surface area is 180 Å². The summed E-state index contributed by atoms with van der Waals surface area (Å²) in [6.45, 7) is 2.19. The van der Waals surface area contributed by atoms with Crippen molar-refractivity contribution in [1.29, 1.82) is 0 Å². The zero-order valence-electron chi connectivity index (χ0n) is 17.5. The maximum Gasteiger partial charge on any atom is 0.194 e. The van der Waals surface area contributed by atoms with Crippen LogP contribution in [-0.4, -0.2) is 0 Å². The highest BCUT2D eigenvalue weighted by molar-refractivity contribution is 5.73. The molecular formula is C27H24F4. The molecule has 3 aromatic rings. The highest BCUT2D eigenvalue weighted by Crippen LogP contribution is 2.34. The Morgan fingerprint density at radius 1 is 0.742 bits per heavy atom. The van der Waals surface area contributed by atoms with Gasteiger partial charge in [0.25, 0.3) is 0 Å². The molecule has 0 atom stereocenters. The van der Waals surface area contributed by atoms with E-state index in [1.165, 1.54) is 30.9 Å². The van der Waals surface area contributed by atoms with Crippen molar-refractivity contribution in [1.82, 2.24) is 0 Å². The van der Waals surface area contributed by atoms with Crippen molar-refractivity contribution in [3.63, 3.8) is 0 Å². The van der Waals surface area contributed by atoms with Crippen molar-refractivity contribution in [2.24, 2.45) is 0 Å². The van der Waals surface area contributed by atoms with Crippen LogP contribution in [0.3, 0.4) is 0 Å². The molecule has 160 valence electrons. The van der Waals surface area contributed by atoms with Gasteiger partial charge in [-0.15, -0.1) is 0 Å². The van der Waals surface area contributed by atoms with E-state index in [1.54, 1.807) is 6.07 Å². The molecule has 1 aliphatic rings. The first-order valence-corrected chi connectivity index (χ1v) is 10.7. The first kappa shape index (κ1) is 21.4. The molecule has 31 heavy (non-hydrogen) atoms. The van der Waals surface area contributed by atoms with Crippen LogP contribution in [0, 0.1) is 23.3 Å². The summed E-state index contributed by atoms with van der Waals surface area (Å²) >= 11 is 0. The molecule has 0 N–H and O–H groups in total. The van der Waals surface area contributed by atoms with E-state index >= 15 is 0 Å². The molecule has 0 nitrogen and oxygen atoms in total. The lowest BCUT2D eigenvalue weighted by Gasteiger charge is -2.19. The Balaban J connectivity index is 1.56. The maximum atomic E-state index is 14.8. The third-order valence-electron chi connectivity index (χ3n) is 5.93. The second kappa shape index (κ2) is 9.09. The molecule has 0 unspecified atom stereocenters. The van der Waals surface area contributed by atoms with Gasteiger partial charge in [0.2, 0.25) is 0 Å². The number of benzene rings is 3. The largest absolute Gasteiger partial charge is 0.206 e. The van der Waals surface area contributed by atoms with Crippen LogP contribution in [0.25, 0.3) is 16.7 Å². The van der Waals surface area contributed by atoms with Gasteiger partial charge in [-0.25, -0.2) is 17.6 Å². The third kappa shape index (κ3) is 4.58. The van der Waals surface area contributed by atoms with Crippen LogP contribution < -0.4 is 0 Å². The number of halogens is 4. The fourth-order valence-corrected chi connectivity index (χ4v) is 4.14. The molecule has 0 aromatic heterocycles. The second-order valence-electron chi connectivity index (χ2n) is 8.12. The Kier molecular flexibility index (Phi) is 6.26. The van der Waals surface area contributed by atoms with Gasteiger partial charge in [-0.2, -0.15) is 0 Å². The highest BCUT2D eigenvalue weighted by Gasteiger charge is 2.19. The summed E-state index contributed by atoms with van der Waals surface area (Å²) in [5.74, 6) is -4.78.